The molecular weight excluding hydrogens is 404 g/mol. The first kappa shape index (κ1) is 23.0. The second-order valence-corrected chi connectivity index (χ2v) is 6.15. The van der Waals surface area contributed by atoms with Gasteiger partial charge in [-0.2, -0.15) is 18.2 Å². The third-order valence-corrected chi connectivity index (χ3v) is 1.86. The molecule has 2 aromatic rings. The molecule has 0 nitrogen and oxygen atoms in total. The van der Waals surface area contributed by atoms with E-state index >= 15 is 0 Å². The van der Waals surface area contributed by atoms with Crippen LogP contribution in [0.4, 0.5) is 25.2 Å². The smallest absolute Gasteiger partial charge is 0 e. The van der Waals surface area contributed by atoms with E-state index in [1.807, 2.05) is 30.3 Å². The summed E-state index contributed by atoms with van der Waals surface area (Å²) >= 11 is 11.1. The molecule has 0 spiro atoms. The van der Waals surface area contributed by atoms with E-state index in [1.165, 1.54) is 0 Å². The van der Waals surface area contributed by atoms with Crippen molar-refractivity contribution in [3.63, 3.8) is 0 Å². The molecule has 0 amide bonds. The molecule has 0 saturated heterocycles. The number of rotatable bonds is 0. The second-order valence-electron chi connectivity index (χ2n) is 3.36. The Morgan fingerprint density at radius 2 is 0.952 bits per heavy atom. The van der Waals surface area contributed by atoms with Gasteiger partial charge >= 0.3 is 33.0 Å². The van der Waals surface area contributed by atoms with Gasteiger partial charge in [-0.05, 0) is 24.3 Å². The maximum atomic E-state index is 9.87. The van der Waals surface area contributed by atoms with Crippen LogP contribution in [0, 0.1) is 0 Å². The van der Waals surface area contributed by atoms with E-state index < -0.39 is 7.81 Å². The molecule has 0 aliphatic heterocycles. The molecule has 0 unspecified atom stereocenters. The van der Waals surface area contributed by atoms with Crippen LogP contribution in [0.2, 0.25) is 10.0 Å². The van der Waals surface area contributed by atoms with Crippen LogP contribution in [-0.2, 0) is 17.1 Å². The summed E-state index contributed by atoms with van der Waals surface area (Å²) in [5.41, 5.74) is 0. The van der Waals surface area contributed by atoms with Crippen LogP contribution < -0.4 is 0 Å². The van der Waals surface area contributed by atoms with Crippen molar-refractivity contribution in [1.29, 1.82) is 0 Å². The number of hydrogen-bond acceptors (Lipinski definition) is 0. The van der Waals surface area contributed by atoms with Gasteiger partial charge in [-0.25, -0.2) is 12.1 Å². The maximum absolute atomic E-state index is 10.7. The van der Waals surface area contributed by atoms with E-state index in [9.17, 15) is 25.2 Å². The molecule has 0 aliphatic carbocycles. The molecule has 2 rings (SSSR count). The predicted molar refractivity (Wildman–Crippen MR) is 72.1 cm³/mol. The van der Waals surface area contributed by atoms with Crippen LogP contribution in [0.25, 0.3) is 0 Å². The van der Waals surface area contributed by atoms with Crippen LogP contribution >= 0.6 is 31.0 Å². The first-order chi connectivity index (χ1) is 8.74. The van der Waals surface area contributed by atoms with Crippen molar-refractivity contribution in [2.75, 3.05) is 0 Å². The van der Waals surface area contributed by atoms with E-state index in [2.05, 4.69) is 0 Å². The molecule has 0 fully saturated rings. The first-order valence-electron chi connectivity index (χ1n) is 4.88. The summed E-state index contributed by atoms with van der Waals surface area (Å²) in [4.78, 5) is 0. The second kappa shape index (κ2) is 7.80. The van der Waals surface area contributed by atoms with E-state index in [0.29, 0.717) is 0 Å². The van der Waals surface area contributed by atoms with Gasteiger partial charge in [0.15, 0.2) is 0 Å². The molecule has 21 heavy (non-hydrogen) atoms. The van der Waals surface area contributed by atoms with Gasteiger partial charge in [0, 0.05) is 27.1 Å². The monoisotopic (exact) mass is 412 g/mol. The van der Waals surface area contributed by atoms with Gasteiger partial charge in [-0.1, -0.05) is 23.2 Å². The van der Waals surface area contributed by atoms with Crippen molar-refractivity contribution >= 4 is 31.0 Å². The van der Waals surface area contributed by atoms with Crippen molar-refractivity contribution in [3.05, 3.63) is 64.6 Å². The summed E-state index contributed by atoms with van der Waals surface area (Å²) in [5.74, 6) is 0. The Kier molecular flexibility index (Phi) is 8.52. The zero-order valence-electron chi connectivity index (χ0n) is 10.0. The summed E-state index contributed by atoms with van der Waals surface area (Å²) in [6.45, 7) is 0. The van der Waals surface area contributed by atoms with Crippen molar-refractivity contribution in [1.82, 2.24) is 0 Å². The average Bonchev–Trinajstić information content (AvgIpc) is 2.76. The van der Waals surface area contributed by atoms with Crippen LogP contribution in [-0.4, -0.2) is 0 Å². The number of halogens is 8. The summed E-state index contributed by atoms with van der Waals surface area (Å²) in [6.07, 6.45) is 0. The van der Waals surface area contributed by atoms with Gasteiger partial charge in [0.05, 0.1) is 0 Å². The summed E-state index contributed by atoms with van der Waals surface area (Å²) in [5, 5.41) is 1.43. The van der Waals surface area contributed by atoms with E-state index in [1.54, 1.807) is 24.3 Å². The molecule has 0 atom stereocenters. The van der Waals surface area contributed by atoms with Gasteiger partial charge in [-0.3, -0.25) is 0 Å². The van der Waals surface area contributed by atoms with Crippen molar-refractivity contribution < 1.29 is 42.3 Å². The molecule has 0 aromatic heterocycles. The molecule has 0 saturated carbocycles. The molecule has 0 aliphatic rings. The average molecular weight is 413 g/mol. The molecule has 0 N–H and O–H groups in total. The Bertz CT molecular complexity index is 445. The summed E-state index contributed by atoms with van der Waals surface area (Å²) < 4.78 is 59.2. The Morgan fingerprint density at radius 3 is 1.10 bits per heavy atom. The molecule has 0 bridgehead atoms. The quantitative estimate of drug-likeness (QED) is 0.179. The fourth-order valence-electron chi connectivity index (χ4n) is 0.750. The van der Waals surface area contributed by atoms with Crippen LogP contribution in [0.3, 0.4) is 0 Å². The van der Waals surface area contributed by atoms with Gasteiger partial charge in [-0.15, -0.1) is 0 Å². The number of benzene rings is 1. The molecule has 10 heteroatoms. The Hall–Kier alpha value is -0.321. The topological polar surface area (TPSA) is 0 Å². The Morgan fingerprint density at radius 1 is 0.714 bits per heavy atom. The third-order valence-electron chi connectivity index (χ3n) is 1.36. The van der Waals surface area contributed by atoms with E-state index in [-0.39, 0.29) is 17.1 Å². The predicted octanol–water partition coefficient (Wildman–Crippen LogP) is 7.78. The van der Waals surface area contributed by atoms with E-state index in [0.717, 1.165) is 10.0 Å². The van der Waals surface area contributed by atoms with Crippen LogP contribution in [0.1, 0.15) is 0 Å². The fourth-order valence-corrected chi connectivity index (χ4v) is 1.00. The Balaban J connectivity index is 0. The third kappa shape index (κ3) is 28.5. The Labute approximate surface area is 138 Å². The van der Waals surface area contributed by atoms with Crippen molar-refractivity contribution in [3.8, 4) is 0 Å². The van der Waals surface area contributed by atoms with Gasteiger partial charge < -0.3 is 0 Å². The van der Waals surface area contributed by atoms with Crippen LogP contribution in [0.15, 0.2) is 54.6 Å². The molecule has 124 valence electrons. The standard InChI is InChI=1S/C6H4Cl2.C5H5.F6P.Fe/c7-5-1-2-6(8)4-3-5;1-2-4-5-3-1;1-7(2,3,4,5)6;/h1-4H;1-5H;;/q;2*-1;. The summed E-state index contributed by atoms with van der Waals surface area (Å²) in [6, 6.07) is 17.0. The minimum absolute atomic E-state index is 0. The first-order valence-corrected chi connectivity index (χ1v) is 7.66. The van der Waals surface area contributed by atoms with Crippen molar-refractivity contribution in [2.24, 2.45) is 0 Å². The number of hydrogen-bond donors (Lipinski definition) is 0. The molecule has 0 heterocycles. The largest absolute Gasteiger partial charge is 0.214 e. The maximum Gasteiger partial charge on any atom is 0 e. The zero-order valence-corrected chi connectivity index (χ0v) is 13.5. The van der Waals surface area contributed by atoms with Gasteiger partial charge in [0.2, 0.25) is 0 Å². The SMILES string of the molecule is Clc1ccc(Cl)cc1.F[P-](F)(F)(F)(F)F.[Fe].c1cc[cH-]c1. The summed E-state index contributed by atoms with van der Waals surface area (Å²) in [7, 11) is -10.7. The minimum Gasteiger partial charge on any atom is -0.214 e. The van der Waals surface area contributed by atoms with Gasteiger partial charge in [0.25, 0.3) is 0 Å². The van der Waals surface area contributed by atoms with Crippen molar-refractivity contribution in [2.45, 2.75) is 0 Å². The normalized spacial score (nSPS) is 13.1. The van der Waals surface area contributed by atoms with E-state index in [4.69, 9.17) is 23.2 Å². The molecule has 0 radical (unpaired) electrons. The van der Waals surface area contributed by atoms with Crippen LogP contribution in [0.5, 0.6) is 0 Å². The van der Waals surface area contributed by atoms with Gasteiger partial charge in [0.1, 0.15) is 0 Å². The zero-order chi connectivity index (χ0) is 15.9. The molecular formula is C11H9Cl2F6FeP-2. The molecule has 2 aromatic carbocycles. The fraction of sp³-hybridized carbons (Fsp3) is 0. The minimum atomic E-state index is -10.7.